The molecule has 66 valence electrons. The van der Waals surface area contributed by atoms with Crippen molar-refractivity contribution in [2.45, 2.75) is 0 Å². The summed E-state index contributed by atoms with van der Waals surface area (Å²) in [5, 5.41) is -2.38. The van der Waals surface area contributed by atoms with Crippen LogP contribution >= 0.6 is 7.82 Å². The lowest BCUT2D eigenvalue weighted by Gasteiger charge is -2.00. The molecule has 0 aromatic heterocycles. The molecule has 0 saturated heterocycles. The monoisotopic (exact) mass is 206 g/mol. The fourth-order valence-electron chi connectivity index (χ4n) is 0.144. The zero-order valence-corrected chi connectivity index (χ0v) is 6.45. The zero-order valence-electron chi connectivity index (χ0n) is 4.74. The number of phosphoric acid groups is 1. The molecule has 0 aliphatic heterocycles. The van der Waals surface area contributed by atoms with E-state index >= 15 is 0 Å². The third-order valence-corrected chi connectivity index (χ3v) is 1.44. The Balaban J connectivity index is 4.48. The summed E-state index contributed by atoms with van der Waals surface area (Å²) in [6.45, 7) is 0. The molecule has 0 spiro atoms. The van der Waals surface area contributed by atoms with Gasteiger partial charge in [0.05, 0.1) is 0 Å². The maximum Gasteiger partial charge on any atom is 0.527 e. The molecule has 8 nitrogen and oxygen atoms in total. The van der Waals surface area contributed by atoms with Gasteiger partial charge in [-0.05, 0) is 0 Å². The first-order valence-electron chi connectivity index (χ1n) is 1.89. The summed E-state index contributed by atoms with van der Waals surface area (Å²) in [6.07, 6.45) is 0. The Bertz CT molecular complexity index is 292. The summed E-state index contributed by atoms with van der Waals surface area (Å²) < 4.78 is 40.1. The fourth-order valence-corrected chi connectivity index (χ4v) is 1.01. The Morgan fingerprint density at radius 3 is 1.82 bits per heavy atom. The largest absolute Gasteiger partial charge is 0.527 e. The van der Waals surface area contributed by atoms with Crippen LogP contribution in [0.15, 0.2) is 0 Å². The second-order valence-electron chi connectivity index (χ2n) is 1.31. The number of rotatable bonds is 1. The van der Waals surface area contributed by atoms with Gasteiger partial charge in [-0.3, -0.25) is 14.3 Å². The van der Waals surface area contributed by atoms with Gasteiger partial charge in [0.15, 0.2) is 0 Å². The van der Waals surface area contributed by atoms with Crippen molar-refractivity contribution in [1.29, 1.82) is 0 Å². The molecule has 10 heteroatoms. The summed E-state index contributed by atoms with van der Waals surface area (Å²) in [5.41, 5.74) is 0. The van der Waals surface area contributed by atoms with Crippen molar-refractivity contribution in [3.63, 3.8) is 0 Å². The SMILES string of the molecule is O=C(OP(=O)(O)O)S(=O)(=O)O. The molecule has 0 unspecified atom stereocenters. The van der Waals surface area contributed by atoms with Crippen LogP contribution in [0.5, 0.6) is 0 Å². The minimum Gasteiger partial charge on any atom is -0.357 e. The second kappa shape index (κ2) is 2.88. The van der Waals surface area contributed by atoms with E-state index in [0.29, 0.717) is 0 Å². The number of phosphoric ester groups is 1. The van der Waals surface area contributed by atoms with Crippen LogP contribution in [0.1, 0.15) is 0 Å². The molecule has 0 aromatic carbocycles. The van der Waals surface area contributed by atoms with Gasteiger partial charge in [-0.2, -0.15) is 8.42 Å². The Morgan fingerprint density at radius 1 is 1.36 bits per heavy atom. The van der Waals surface area contributed by atoms with Gasteiger partial charge in [-0.1, -0.05) is 0 Å². The minimum atomic E-state index is -5.21. The van der Waals surface area contributed by atoms with Crippen molar-refractivity contribution in [1.82, 2.24) is 0 Å². The summed E-state index contributed by atoms with van der Waals surface area (Å²) in [4.78, 5) is 25.6. The van der Waals surface area contributed by atoms with Crippen molar-refractivity contribution in [3.05, 3.63) is 0 Å². The Labute approximate surface area is 60.8 Å². The van der Waals surface area contributed by atoms with Crippen molar-refractivity contribution in [2.24, 2.45) is 0 Å². The first-order valence-corrected chi connectivity index (χ1v) is 4.86. The topological polar surface area (TPSA) is 138 Å². The number of hydrogen-bond donors (Lipinski definition) is 3. The van der Waals surface area contributed by atoms with E-state index in [0.717, 1.165) is 0 Å². The lowest BCUT2D eigenvalue weighted by Crippen LogP contribution is -2.13. The van der Waals surface area contributed by atoms with E-state index in [-0.39, 0.29) is 0 Å². The molecule has 0 atom stereocenters. The van der Waals surface area contributed by atoms with Gasteiger partial charge >= 0.3 is 23.2 Å². The predicted molar refractivity (Wildman–Crippen MR) is 30.1 cm³/mol. The third-order valence-electron chi connectivity index (χ3n) is 0.404. The Morgan fingerprint density at radius 2 is 1.73 bits per heavy atom. The first-order chi connectivity index (χ1) is 4.63. The van der Waals surface area contributed by atoms with Crippen molar-refractivity contribution in [2.75, 3.05) is 0 Å². The van der Waals surface area contributed by atoms with E-state index in [1.165, 1.54) is 0 Å². The minimum absolute atomic E-state index is 2.38. The summed E-state index contributed by atoms with van der Waals surface area (Å²) in [6, 6.07) is 0. The zero-order chi connectivity index (χ0) is 9.28. The molecule has 3 N–H and O–H groups in total. The van der Waals surface area contributed by atoms with Crippen LogP contribution in [0.4, 0.5) is 4.79 Å². The summed E-state index contributed by atoms with van der Waals surface area (Å²) in [7, 11) is -10.4. The average Bonchev–Trinajstić information content (AvgIpc) is 1.56. The Hall–Kier alpha value is -0.470. The quantitative estimate of drug-likeness (QED) is 0.370. The van der Waals surface area contributed by atoms with Gasteiger partial charge < -0.3 is 4.52 Å². The van der Waals surface area contributed by atoms with E-state index < -0.39 is 23.2 Å². The van der Waals surface area contributed by atoms with E-state index in [1.54, 1.807) is 0 Å². The van der Waals surface area contributed by atoms with Gasteiger partial charge in [0.1, 0.15) is 0 Å². The van der Waals surface area contributed by atoms with Crippen LogP contribution in [-0.4, -0.2) is 28.1 Å². The maximum absolute atomic E-state index is 9.93. The smallest absolute Gasteiger partial charge is 0.357 e. The van der Waals surface area contributed by atoms with Crippen molar-refractivity contribution >= 4 is 23.2 Å². The predicted octanol–water partition coefficient (Wildman–Crippen LogP) is -0.897. The van der Waals surface area contributed by atoms with Crippen LogP contribution in [-0.2, 0) is 19.2 Å². The van der Waals surface area contributed by atoms with E-state index in [1.807, 2.05) is 0 Å². The van der Waals surface area contributed by atoms with Gasteiger partial charge in [0.25, 0.3) is 0 Å². The molecule has 0 heterocycles. The molecule has 0 aliphatic carbocycles. The van der Waals surface area contributed by atoms with Crippen LogP contribution < -0.4 is 0 Å². The van der Waals surface area contributed by atoms with Gasteiger partial charge in [-0.25, -0.2) is 9.36 Å². The number of hydrogen-bond acceptors (Lipinski definition) is 5. The van der Waals surface area contributed by atoms with Gasteiger partial charge in [0.2, 0.25) is 0 Å². The molecule has 0 bridgehead atoms. The number of carbonyl (C=O) groups excluding carboxylic acids is 1. The highest BCUT2D eigenvalue weighted by molar-refractivity contribution is 8.01. The average molecular weight is 206 g/mol. The molecule has 0 aliphatic rings. The van der Waals surface area contributed by atoms with Gasteiger partial charge in [-0.15, -0.1) is 0 Å². The molecule has 0 amide bonds. The summed E-state index contributed by atoms with van der Waals surface area (Å²) >= 11 is 0. The molecule has 0 rings (SSSR count). The van der Waals surface area contributed by atoms with Crippen LogP contribution in [0.3, 0.4) is 0 Å². The number of carbonyl (C=O) groups is 1. The molecule has 11 heavy (non-hydrogen) atoms. The lowest BCUT2D eigenvalue weighted by atomic mass is 11.6. The summed E-state index contributed by atoms with van der Waals surface area (Å²) in [5.74, 6) is 0. The van der Waals surface area contributed by atoms with E-state index in [4.69, 9.17) is 14.3 Å². The van der Waals surface area contributed by atoms with Crippen LogP contribution in [0.2, 0.25) is 0 Å². The van der Waals surface area contributed by atoms with Crippen molar-refractivity contribution < 1.29 is 36.6 Å². The molecule has 0 radical (unpaired) electrons. The first kappa shape index (κ1) is 10.5. The molecule has 0 fully saturated rings. The van der Waals surface area contributed by atoms with Crippen molar-refractivity contribution in [3.8, 4) is 0 Å². The highest BCUT2D eigenvalue weighted by Gasteiger charge is 2.29. The van der Waals surface area contributed by atoms with E-state index in [9.17, 15) is 17.8 Å². The normalized spacial score (nSPS) is 12.6. The lowest BCUT2D eigenvalue weighted by molar-refractivity contribution is 0.195. The fraction of sp³-hybridized carbons (Fsp3) is 0. The highest BCUT2D eigenvalue weighted by atomic mass is 32.2. The molecule has 0 saturated carbocycles. The maximum atomic E-state index is 9.93. The van der Waals surface area contributed by atoms with E-state index in [2.05, 4.69) is 4.52 Å². The van der Waals surface area contributed by atoms with Gasteiger partial charge in [0, 0.05) is 0 Å². The molecule has 0 aromatic rings. The third kappa shape index (κ3) is 4.87. The molecular formula is CH3O8PS. The highest BCUT2D eigenvalue weighted by Crippen LogP contribution is 2.36. The van der Waals surface area contributed by atoms with Crippen LogP contribution in [0, 0.1) is 0 Å². The Kier molecular flexibility index (Phi) is 2.75. The standard InChI is InChI=1S/CH3O8PS/c2-1(11(6,7)8)9-10(3,4)5/h(H2,3,4,5)(H,6,7,8). The molecular weight excluding hydrogens is 203 g/mol. The van der Waals surface area contributed by atoms with Crippen LogP contribution in [0.25, 0.3) is 0 Å². The second-order valence-corrected chi connectivity index (χ2v) is 3.75.